The number of benzene rings is 1. The van der Waals surface area contributed by atoms with Gasteiger partial charge in [0.25, 0.3) is 0 Å². The number of nitrogens with zero attached hydrogens (tertiary/aromatic N) is 1. The molecular formula is C16H27NO. The molecule has 0 saturated carbocycles. The molecule has 102 valence electrons. The largest absolute Gasteiger partial charge is 0.387 e. The van der Waals surface area contributed by atoms with Crippen LogP contribution in [0.1, 0.15) is 50.8 Å². The van der Waals surface area contributed by atoms with Crippen molar-refractivity contribution in [2.24, 2.45) is 0 Å². The summed E-state index contributed by atoms with van der Waals surface area (Å²) in [6.07, 6.45) is 3.01. The van der Waals surface area contributed by atoms with Crippen molar-refractivity contribution in [3.63, 3.8) is 0 Å². The monoisotopic (exact) mass is 249 g/mol. The van der Waals surface area contributed by atoms with E-state index in [0.717, 1.165) is 18.5 Å². The van der Waals surface area contributed by atoms with Crippen molar-refractivity contribution in [2.45, 2.75) is 52.2 Å². The molecule has 0 fully saturated rings. The highest BCUT2D eigenvalue weighted by Gasteiger charge is 2.19. The molecule has 1 aromatic carbocycles. The minimum atomic E-state index is -0.405. The molecule has 0 aromatic heterocycles. The van der Waals surface area contributed by atoms with Crippen molar-refractivity contribution < 1.29 is 5.11 Å². The summed E-state index contributed by atoms with van der Waals surface area (Å²) in [5.74, 6) is 0. The van der Waals surface area contributed by atoms with Crippen LogP contribution in [0.2, 0.25) is 0 Å². The fraction of sp³-hybridized carbons (Fsp3) is 0.625. The summed E-state index contributed by atoms with van der Waals surface area (Å²) in [6, 6.07) is 8.47. The van der Waals surface area contributed by atoms with E-state index in [1.54, 1.807) is 0 Å². The zero-order chi connectivity index (χ0) is 13.5. The zero-order valence-electron chi connectivity index (χ0n) is 12.2. The van der Waals surface area contributed by atoms with E-state index in [2.05, 4.69) is 44.9 Å². The minimum absolute atomic E-state index is 0.157. The molecule has 0 aliphatic rings. The topological polar surface area (TPSA) is 23.5 Å². The second-order valence-electron chi connectivity index (χ2n) is 5.11. The molecule has 0 heterocycles. The van der Waals surface area contributed by atoms with Crippen molar-refractivity contribution in [3.05, 3.63) is 35.4 Å². The average Bonchev–Trinajstić information content (AvgIpc) is 2.43. The van der Waals surface area contributed by atoms with Crippen molar-refractivity contribution in [1.29, 1.82) is 0 Å². The first-order valence-electron chi connectivity index (χ1n) is 7.07. The standard InChI is InChI=1S/C16H27NO/c1-5-7-12-17(4)13(3)16(18)15-10-8-14(6-2)9-11-15/h8-11,13,16,18H,5-7,12H2,1-4H3. The maximum absolute atomic E-state index is 10.4. The highest BCUT2D eigenvalue weighted by atomic mass is 16.3. The molecule has 0 radical (unpaired) electrons. The molecule has 2 heteroatoms. The number of unbranched alkanes of at least 4 members (excludes halogenated alkanes) is 1. The lowest BCUT2D eigenvalue weighted by Gasteiger charge is -2.29. The Morgan fingerprint density at radius 3 is 2.28 bits per heavy atom. The number of aliphatic hydroxyl groups excluding tert-OH is 1. The molecule has 2 nitrogen and oxygen atoms in total. The Kier molecular flexibility index (Phi) is 6.37. The average molecular weight is 249 g/mol. The van der Waals surface area contributed by atoms with Crippen LogP contribution in [-0.2, 0) is 6.42 Å². The third kappa shape index (κ3) is 4.11. The first-order valence-corrected chi connectivity index (χ1v) is 7.07. The zero-order valence-corrected chi connectivity index (χ0v) is 12.2. The Bertz CT molecular complexity index is 333. The lowest BCUT2D eigenvalue weighted by molar-refractivity contribution is 0.0719. The highest BCUT2D eigenvalue weighted by molar-refractivity contribution is 5.24. The van der Waals surface area contributed by atoms with Crippen molar-refractivity contribution in [1.82, 2.24) is 4.90 Å². The van der Waals surface area contributed by atoms with E-state index in [1.807, 2.05) is 12.1 Å². The quantitative estimate of drug-likeness (QED) is 0.800. The van der Waals surface area contributed by atoms with Crippen molar-refractivity contribution >= 4 is 0 Å². The molecule has 0 amide bonds. The van der Waals surface area contributed by atoms with Crippen LogP contribution >= 0.6 is 0 Å². The van der Waals surface area contributed by atoms with Gasteiger partial charge in [0.15, 0.2) is 0 Å². The minimum Gasteiger partial charge on any atom is -0.387 e. The maximum Gasteiger partial charge on any atom is 0.0942 e. The van der Waals surface area contributed by atoms with E-state index in [1.165, 1.54) is 18.4 Å². The summed E-state index contributed by atoms with van der Waals surface area (Å²) < 4.78 is 0. The molecule has 0 aliphatic heterocycles. The van der Waals surface area contributed by atoms with E-state index in [9.17, 15) is 5.11 Å². The third-order valence-corrected chi connectivity index (χ3v) is 3.75. The molecule has 1 N–H and O–H groups in total. The van der Waals surface area contributed by atoms with Crippen LogP contribution in [-0.4, -0.2) is 29.6 Å². The summed E-state index contributed by atoms with van der Waals surface area (Å²) in [7, 11) is 2.09. The number of hydrogen-bond donors (Lipinski definition) is 1. The molecular weight excluding hydrogens is 222 g/mol. The summed E-state index contributed by atoms with van der Waals surface area (Å²) in [4.78, 5) is 2.24. The summed E-state index contributed by atoms with van der Waals surface area (Å²) >= 11 is 0. The molecule has 0 aliphatic carbocycles. The number of hydrogen-bond acceptors (Lipinski definition) is 2. The molecule has 2 unspecified atom stereocenters. The lowest BCUT2D eigenvalue weighted by atomic mass is 10.0. The molecule has 1 aromatic rings. The fourth-order valence-electron chi connectivity index (χ4n) is 2.08. The van der Waals surface area contributed by atoms with E-state index < -0.39 is 6.10 Å². The van der Waals surface area contributed by atoms with Gasteiger partial charge in [-0.05, 0) is 44.5 Å². The summed E-state index contributed by atoms with van der Waals surface area (Å²) in [6.45, 7) is 7.47. The van der Waals surface area contributed by atoms with Gasteiger partial charge in [-0.2, -0.15) is 0 Å². The van der Waals surface area contributed by atoms with Crippen LogP contribution in [0.25, 0.3) is 0 Å². The van der Waals surface area contributed by atoms with Gasteiger partial charge in [-0.1, -0.05) is 44.5 Å². The van der Waals surface area contributed by atoms with Gasteiger partial charge in [0.05, 0.1) is 6.10 Å². The van der Waals surface area contributed by atoms with Crippen molar-refractivity contribution in [2.75, 3.05) is 13.6 Å². The van der Waals surface area contributed by atoms with Crippen LogP contribution in [0, 0.1) is 0 Å². The van der Waals surface area contributed by atoms with Gasteiger partial charge in [0, 0.05) is 6.04 Å². The number of aryl methyl sites for hydroxylation is 1. The lowest BCUT2D eigenvalue weighted by Crippen LogP contribution is -2.35. The van der Waals surface area contributed by atoms with Gasteiger partial charge in [-0.25, -0.2) is 0 Å². The van der Waals surface area contributed by atoms with E-state index in [4.69, 9.17) is 0 Å². The van der Waals surface area contributed by atoms with Crippen LogP contribution in [0.3, 0.4) is 0 Å². The summed E-state index contributed by atoms with van der Waals surface area (Å²) in [5, 5.41) is 10.4. The Morgan fingerprint density at radius 1 is 1.17 bits per heavy atom. The van der Waals surface area contributed by atoms with Gasteiger partial charge in [-0.3, -0.25) is 0 Å². The second-order valence-corrected chi connectivity index (χ2v) is 5.11. The molecule has 1 rings (SSSR count). The van der Waals surface area contributed by atoms with Crippen molar-refractivity contribution in [3.8, 4) is 0 Å². The molecule has 2 atom stereocenters. The fourth-order valence-corrected chi connectivity index (χ4v) is 2.08. The first kappa shape index (κ1) is 15.2. The Labute approximate surface area is 112 Å². The van der Waals surface area contributed by atoms with Crippen LogP contribution in [0.4, 0.5) is 0 Å². The Morgan fingerprint density at radius 2 is 1.78 bits per heavy atom. The predicted molar refractivity (Wildman–Crippen MR) is 77.8 cm³/mol. The molecule has 0 bridgehead atoms. The number of rotatable bonds is 7. The maximum atomic E-state index is 10.4. The third-order valence-electron chi connectivity index (χ3n) is 3.75. The van der Waals surface area contributed by atoms with Crippen LogP contribution < -0.4 is 0 Å². The SMILES string of the molecule is CCCCN(C)C(C)C(O)c1ccc(CC)cc1. The molecule has 18 heavy (non-hydrogen) atoms. The van der Waals surface area contributed by atoms with Crippen LogP contribution in [0.5, 0.6) is 0 Å². The van der Waals surface area contributed by atoms with Crippen LogP contribution in [0.15, 0.2) is 24.3 Å². The normalized spacial score (nSPS) is 14.8. The first-order chi connectivity index (χ1) is 8.60. The van der Waals surface area contributed by atoms with Gasteiger partial charge in [-0.15, -0.1) is 0 Å². The Balaban J connectivity index is 2.63. The Hall–Kier alpha value is -0.860. The molecule has 0 spiro atoms. The van der Waals surface area contributed by atoms with Gasteiger partial charge in [0.1, 0.15) is 0 Å². The number of likely N-dealkylation sites (N-methyl/N-ethyl adjacent to an activating group) is 1. The second kappa shape index (κ2) is 7.55. The molecule has 0 saturated heterocycles. The predicted octanol–water partition coefficient (Wildman–Crippen LogP) is 3.40. The smallest absolute Gasteiger partial charge is 0.0942 e. The highest BCUT2D eigenvalue weighted by Crippen LogP contribution is 2.21. The number of aliphatic hydroxyl groups is 1. The summed E-state index contributed by atoms with van der Waals surface area (Å²) in [5.41, 5.74) is 2.33. The van der Waals surface area contributed by atoms with Gasteiger partial charge in [0.2, 0.25) is 0 Å². The van der Waals surface area contributed by atoms with Gasteiger partial charge < -0.3 is 10.0 Å². The van der Waals surface area contributed by atoms with E-state index in [-0.39, 0.29) is 6.04 Å². The van der Waals surface area contributed by atoms with Gasteiger partial charge >= 0.3 is 0 Å². The van der Waals surface area contributed by atoms with E-state index in [0.29, 0.717) is 0 Å². The van der Waals surface area contributed by atoms with E-state index >= 15 is 0 Å².